The first kappa shape index (κ1) is 20.6. The first-order valence-corrected chi connectivity index (χ1v) is 10.6. The number of carbonyl (C=O) groups is 1. The Hall–Kier alpha value is -2.65. The number of nitrogens with zero attached hydrogens (tertiary/aromatic N) is 3. The number of hydrogen-bond acceptors (Lipinski definition) is 4. The number of H-pyrrole nitrogens is 1. The lowest BCUT2D eigenvalue weighted by Gasteiger charge is -2.21. The van der Waals surface area contributed by atoms with Crippen molar-refractivity contribution in [3.8, 4) is 10.6 Å². The van der Waals surface area contributed by atoms with Gasteiger partial charge in [-0.1, -0.05) is 18.2 Å². The van der Waals surface area contributed by atoms with E-state index in [-0.39, 0.29) is 5.91 Å². The van der Waals surface area contributed by atoms with E-state index in [4.69, 9.17) is 0 Å². The number of rotatable bonds is 4. The maximum absolute atomic E-state index is 12.9. The van der Waals surface area contributed by atoms with Crippen molar-refractivity contribution in [2.45, 2.75) is 19.1 Å². The van der Waals surface area contributed by atoms with Crippen LogP contribution < -0.4 is 0 Å². The van der Waals surface area contributed by atoms with E-state index in [9.17, 15) is 18.0 Å². The number of alkyl halides is 3. The van der Waals surface area contributed by atoms with Crippen molar-refractivity contribution in [1.29, 1.82) is 0 Å². The zero-order chi connectivity index (χ0) is 21.1. The second kappa shape index (κ2) is 8.61. The molecule has 1 saturated heterocycles. The van der Waals surface area contributed by atoms with E-state index >= 15 is 0 Å². The van der Waals surface area contributed by atoms with E-state index in [2.05, 4.69) is 15.1 Å². The molecule has 0 saturated carbocycles. The number of amides is 1. The molecule has 1 fully saturated rings. The Morgan fingerprint density at radius 3 is 2.60 bits per heavy atom. The van der Waals surface area contributed by atoms with Crippen LogP contribution in [0.5, 0.6) is 0 Å². The minimum Gasteiger partial charge on any atom is -0.336 e. The molecule has 9 heteroatoms. The minimum atomic E-state index is -4.32. The van der Waals surface area contributed by atoms with E-state index in [0.29, 0.717) is 31.9 Å². The summed E-state index contributed by atoms with van der Waals surface area (Å²) in [6.07, 6.45) is -3.52. The zero-order valence-electron chi connectivity index (χ0n) is 16.2. The van der Waals surface area contributed by atoms with Crippen molar-refractivity contribution in [1.82, 2.24) is 20.0 Å². The van der Waals surface area contributed by atoms with Crippen LogP contribution in [0.3, 0.4) is 0 Å². The molecule has 3 heterocycles. The van der Waals surface area contributed by atoms with Crippen molar-refractivity contribution >= 4 is 17.2 Å². The van der Waals surface area contributed by atoms with Crippen molar-refractivity contribution in [2.75, 3.05) is 26.2 Å². The molecule has 0 unspecified atom stereocenters. The highest BCUT2D eigenvalue weighted by atomic mass is 32.1. The number of thiophene rings is 1. The van der Waals surface area contributed by atoms with Gasteiger partial charge in [-0.25, -0.2) is 0 Å². The van der Waals surface area contributed by atoms with Crippen LogP contribution in [0.4, 0.5) is 13.2 Å². The summed E-state index contributed by atoms with van der Waals surface area (Å²) in [4.78, 5) is 17.8. The monoisotopic (exact) mass is 434 g/mol. The van der Waals surface area contributed by atoms with Gasteiger partial charge in [0.1, 0.15) is 0 Å². The number of benzene rings is 1. The number of carbonyl (C=O) groups excluding carboxylic acids is 1. The van der Waals surface area contributed by atoms with Crippen LogP contribution in [0, 0.1) is 0 Å². The Labute approximate surface area is 176 Å². The van der Waals surface area contributed by atoms with Crippen LogP contribution in [0.2, 0.25) is 0 Å². The van der Waals surface area contributed by atoms with Gasteiger partial charge in [0.05, 0.1) is 16.1 Å². The normalized spacial score (nSPS) is 15.9. The van der Waals surface area contributed by atoms with Gasteiger partial charge in [-0.05, 0) is 41.6 Å². The van der Waals surface area contributed by atoms with Gasteiger partial charge in [0.25, 0.3) is 5.91 Å². The highest BCUT2D eigenvalue weighted by Gasteiger charge is 2.30. The highest BCUT2D eigenvalue weighted by Crippen LogP contribution is 2.29. The molecule has 1 amide bonds. The molecular formula is C21H21F3N4OS. The Bertz CT molecular complexity index is 983. The topological polar surface area (TPSA) is 52.2 Å². The molecular weight excluding hydrogens is 413 g/mol. The molecule has 1 aliphatic rings. The lowest BCUT2D eigenvalue weighted by Crippen LogP contribution is -2.35. The van der Waals surface area contributed by atoms with E-state index in [1.165, 1.54) is 12.1 Å². The van der Waals surface area contributed by atoms with Crippen LogP contribution >= 0.6 is 11.3 Å². The number of aromatic amines is 1. The summed E-state index contributed by atoms with van der Waals surface area (Å²) in [5.74, 6) is -0.106. The van der Waals surface area contributed by atoms with Gasteiger partial charge in [-0.3, -0.25) is 14.8 Å². The Balaban J connectivity index is 1.35. The Morgan fingerprint density at radius 1 is 1.10 bits per heavy atom. The van der Waals surface area contributed by atoms with E-state index < -0.39 is 11.7 Å². The van der Waals surface area contributed by atoms with Crippen LogP contribution in [0.1, 0.15) is 28.0 Å². The summed E-state index contributed by atoms with van der Waals surface area (Å²) in [6.45, 7) is 3.19. The third kappa shape index (κ3) is 4.73. The summed E-state index contributed by atoms with van der Waals surface area (Å²) in [5, 5.41) is 9.07. The maximum Gasteiger partial charge on any atom is 0.416 e. The van der Waals surface area contributed by atoms with Crippen molar-refractivity contribution in [2.24, 2.45) is 0 Å². The molecule has 0 radical (unpaired) electrons. The molecule has 0 bridgehead atoms. The number of hydrogen-bond donors (Lipinski definition) is 1. The lowest BCUT2D eigenvalue weighted by atomic mass is 10.1. The van der Waals surface area contributed by atoms with Gasteiger partial charge in [-0.15, -0.1) is 11.3 Å². The minimum absolute atomic E-state index is 0.106. The van der Waals surface area contributed by atoms with E-state index in [1.54, 1.807) is 22.3 Å². The molecule has 0 atom stereocenters. The van der Waals surface area contributed by atoms with Crippen molar-refractivity contribution in [3.63, 3.8) is 0 Å². The molecule has 1 N–H and O–H groups in total. The third-order valence-corrected chi connectivity index (χ3v) is 6.05. The van der Waals surface area contributed by atoms with Gasteiger partial charge in [0, 0.05) is 32.7 Å². The summed E-state index contributed by atoms with van der Waals surface area (Å²) < 4.78 is 38.2. The predicted octanol–water partition coefficient (Wildman–Crippen LogP) is 4.51. The average Bonchev–Trinajstić information content (AvgIpc) is 3.36. The molecule has 2 aromatic heterocycles. The van der Waals surface area contributed by atoms with Crippen LogP contribution in [-0.2, 0) is 12.7 Å². The largest absolute Gasteiger partial charge is 0.416 e. The molecule has 158 valence electrons. The number of nitrogens with one attached hydrogen (secondary N) is 1. The second-order valence-electron chi connectivity index (χ2n) is 7.26. The third-order valence-electron chi connectivity index (χ3n) is 5.15. The lowest BCUT2D eigenvalue weighted by molar-refractivity contribution is -0.137. The van der Waals surface area contributed by atoms with Gasteiger partial charge >= 0.3 is 6.18 Å². The quantitative estimate of drug-likeness (QED) is 0.658. The van der Waals surface area contributed by atoms with Crippen molar-refractivity contribution in [3.05, 3.63) is 64.7 Å². The average molecular weight is 434 g/mol. The SMILES string of the molecule is O=C(c1cc(-c2cccs2)[nH]n1)N1CCCN(Cc2ccc(C(F)(F)F)cc2)CC1. The zero-order valence-corrected chi connectivity index (χ0v) is 17.0. The molecule has 0 aliphatic carbocycles. The molecule has 0 spiro atoms. The fraction of sp³-hybridized carbons (Fsp3) is 0.333. The van der Waals surface area contributed by atoms with E-state index in [0.717, 1.165) is 41.2 Å². The van der Waals surface area contributed by atoms with Crippen LogP contribution in [-0.4, -0.2) is 52.1 Å². The fourth-order valence-corrected chi connectivity index (χ4v) is 4.23. The standard InChI is InChI=1S/C21H21F3N4OS/c22-21(23,24)16-6-4-15(5-7-16)14-27-8-2-9-28(11-10-27)20(29)18-13-17(25-26-18)19-3-1-12-30-19/h1,3-7,12-13H,2,8-11,14H2,(H,25,26). The fourth-order valence-electron chi connectivity index (χ4n) is 3.54. The molecule has 1 aromatic carbocycles. The number of aromatic nitrogens is 2. The highest BCUT2D eigenvalue weighted by molar-refractivity contribution is 7.13. The van der Waals surface area contributed by atoms with Crippen LogP contribution in [0.25, 0.3) is 10.6 Å². The Morgan fingerprint density at radius 2 is 1.90 bits per heavy atom. The Kier molecular flexibility index (Phi) is 5.92. The smallest absolute Gasteiger partial charge is 0.336 e. The van der Waals surface area contributed by atoms with Crippen LogP contribution in [0.15, 0.2) is 47.8 Å². The van der Waals surface area contributed by atoms with Crippen molar-refractivity contribution < 1.29 is 18.0 Å². The summed E-state index contributed by atoms with van der Waals surface area (Å²) in [6, 6.07) is 11.0. The molecule has 4 rings (SSSR count). The number of halogens is 3. The molecule has 5 nitrogen and oxygen atoms in total. The maximum atomic E-state index is 12.9. The first-order chi connectivity index (χ1) is 14.4. The molecule has 30 heavy (non-hydrogen) atoms. The van der Waals surface area contributed by atoms with Gasteiger partial charge in [0.15, 0.2) is 5.69 Å². The second-order valence-corrected chi connectivity index (χ2v) is 8.21. The van der Waals surface area contributed by atoms with Gasteiger partial charge in [-0.2, -0.15) is 18.3 Å². The van der Waals surface area contributed by atoms with Gasteiger partial charge < -0.3 is 4.90 Å². The van der Waals surface area contributed by atoms with Gasteiger partial charge in [0.2, 0.25) is 0 Å². The van der Waals surface area contributed by atoms with E-state index in [1.807, 2.05) is 17.5 Å². The predicted molar refractivity (Wildman–Crippen MR) is 109 cm³/mol. The summed E-state index contributed by atoms with van der Waals surface area (Å²) in [5.41, 5.74) is 1.41. The summed E-state index contributed by atoms with van der Waals surface area (Å²) in [7, 11) is 0. The summed E-state index contributed by atoms with van der Waals surface area (Å²) >= 11 is 1.58. The molecule has 3 aromatic rings. The first-order valence-electron chi connectivity index (χ1n) is 9.67. The molecule has 1 aliphatic heterocycles.